The first-order chi connectivity index (χ1) is 12.7. The number of benzene rings is 1. The van der Waals surface area contributed by atoms with Gasteiger partial charge in [0, 0.05) is 65.8 Å². The number of anilines is 2. The van der Waals surface area contributed by atoms with Gasteiger partial charge in [-0.1, -0.05) is 18.2 Å². The maximum absolute atomic E-state index is 4.47. The Bertz CT molecular complexity index is 726. The van der Waals surface area contributed by atoms with Gasteiger partial charge in [-0.05, 0) is 29.8 Å². The van der Waals surface area contributed by atoms with E-state index in [1.807, 2.05) is 38.3 Å². The van der Waals surface area contributed by atoms with Crippen LogP contribution in [-0.2, 0) is 6.54 Å². The van der Waals surface area contributed by atoms with Crippen LogP contribution >= 0.6 is 24.0 Å². The number of nitrogens with zero attached hydrogens (tertiary/aromatic N) is 5. The van der Waals surface area contributed by atoms with Crippen molar-refractivity contribution in [3.63, 3.8) is 0 Å². The fraction of sp³-hybridized carbons (Fsp3) is 0.400. The number of nitrogens with one attached hydrogen (secondary N) is 1. The number of pyridine rings is 1. The fourth-order valence-electron chi connectivity index (χ4n) is 3.14. The van der Waals surface area contributed by atoms with Crippen LogP contribution in [0, 0.1) is 0 Å². The monoisotopic (exact) mass is 480 g/mol. The number of hydrogen-bond donors (Lipinski definition) is 1. The summed E-state index contributed by atoms with van der Waals surface area (Å²) in [5.74, 6) is 1.93. The molecule has 146 valence electrons. The second-order valence-corrected chi connectivity index (χ2v) is 6.63. The molecule has 6 nitrogen and oxygen atoms in total. The van der Waals surface area contributed by atoms with Crippen LogP contribution in [0.5, 0.6) is 0 Å². The summed E-state index contributed by atoms with van der Waals surface area (Å²) < 4.78 is 0. The molecule has 1 aliphatic heterocycles. The normalized spacial score (nSPS) is 14.6. The van der Waals surface area contributed by atoms with Crippen molar-refractivity contribution in [2.24, 2.45) is 4.99 Å². The Morgan fingerprint density at radius 1 is 1.11 bits per heavy atom. The fourth-order valence-corrected chi connectivity index (χ4v) is 3.14. The minimum Gasteiger partial charge on any atom is -0.368 e. The minimum atomic E-state index is 0. The van der Waals surface area contributed by atoms with Crippen LogP contribution in [0.4, 0.5) is 11.5 Å². The number of para-hydroxylation sites is 1. The maximum atomic E-state index is 4.47. The van der Waals surface area contributed by atoms with E-state index in [2.05, 4.69) is 61.5 Å². The van der Waals surface area contributed by atoms with Crippen LogP contribution < -0.4 is 15.1 Å². The SMILES string of the molecule is CN=C(NCc1ccnc(N(C)C)c1)N1CCN(c2ccccc2)CC1.I. The highest BCUT2D eigenvalue weighted by atomic mass is 127. The Labute approximate surface area is 179 Å². The molecule has 1 N–H and O–H groups in total. The lowest BCUT2D eigenvalue weighted by atomic mass is 10.2. The molecule has 0 spiro atoms. The predicted molar refractivity (Wildman–Crippen MR) is 124 cm³/mol. The minimum absolute atomic E-state index is 0. The van der Waals surface area contributed by atoms with Crippen molar-refractivity contribution in [2.45, 2.75) is 6.54 Å². The third kappa shape index (κ3) is 5.72. The first kappa shape index (κ1) is 21.3. The van der Waals surface area contributed by atoms with Gasteiger partial charge in [0.25, 0.3) is 0 Å². The zero-order chi connectivity index (χ0) is 18.4. The highest BCUT2D eigenvalue weighted by Crippen LogP contribution is 2.15. The lowest BCUT2D eigenvalue weighted by Crippen LogP contribution is -2.52. The molecular weight excluding hydrogens is 451 g/mol. The molecule has 1 aromatic carbocycles. The molecule has 0 amide bonds. The number of guanidine groups is 1. The molecule has 2 aromatic rings. The summed E-state index contributed by atoms with van der Waals surface area (Å²) in [5.41, 5.74) is 2.50. The number of aliphatic imine (C=N–C) groups is 1. The zero-order valence-corrected chi connectivity index (χ0v) is 18.6. The summed E-state index contributed by atoms with van der Waals surface area (Å²) in [7, 11) is 5.86. The van der Waals surface area contributed by atoms with E-state index in [-0.39, 0.29) is 24.0 Å². The number of halogens is 1. The molecule has 0 bridgehead atoms. The molecule has 1 fully saturated rings. The van der Waals surface area contributed by atoms with Gasteiger partial charge in [-0.15, -0.1) is 24.0 Å². The Hall–Kier alpha value is -2.03. The zero-order valence-electron chi connectivity index (χ0n) is 16.3. The molecule has 7 heteroatoms. The number of hydrogen-bond acceptors (Lipinski definition) is 4. The van der Waals surface area contributed by atoms with Crippen molar-refractivity contribution in [1.29, 1.82) is 0 Å². The first-order valence-corrected chi connectivity index (χ1v) is 9.05. The molecule has 0 atom stereocenters. The standard InChI is InChI=1S/C20H28N6.HI/c1-21-20(23-16-17-9-10-22-19(15-17)24(2)3)26-13-11-25(12-14-26)18-7-5-4-6-8-18;/h4-10,15H,11-14,16H2,1-3H3,(H,21,23);1H. The Balaban J connectivity index is 0.00000261. The molecule has 1 aliphatic rings. The summed E-state index contributed by atoms with van der Waals surface area (Å²) >= 11 is 0. The smallest absolute Gasteiger partial charge is 0.194 e. The van der Waals surface area contributed by atoms with Gasteiger partial charge in [0.2, 0.25) is 0 Å². The van der Waals surface area contributed by atoms with E-state index in [1.165, 1.54) is 11.3 Å². The van der Waals surface area contributed by atoms with E-state index < -0.39 is 0 Å². The van der Waals surface area contributed by atoms with Gasteiger partial charge >= 0.3 is 0 Å². The van der Waals surface area contributed by atoms with Crippen molar-refractivity contribution in [2.75, 3.05) is 57.1 Å². The van der Waals surface area contributed by atoms with Crippen LogP contribution in [0.3, 0.4) is 0 Å². The summed E-state index contributed by atoms with van der Waals surface area (Å²) in [4.78, 5) is 15.6. The molecule has 3 rings (SSSR count). The Morgan fingerprint density at radius 3 is 2.44 bits per heavy atom. The Morgan fingerprint density at radius 2 is 1.81 bits per heavy atom. The second kappa shape index (κ2) is 10.3. The predicted octanol–water partition coefficient (Wildman–Crippen LogP) is 2.66. The number of piperazine rings is 1. The highest BCUT2D eigenvalue weighted by molar-refractivity contribution is 14.0. The first-order valence-electron chi connectivity index (χ1n) is 9.05. The molecule has 27 heavy (non-hydrogen) atoms. The molecule has 0 saturated carbocycles. The van der Waals surface area contributed by atoms with Gasteiger partial charge in [0.05, 0.1) is 0 Å². The molecule has 0 aliphatic carbocycles. The lowest BCUT2D eigenvalue weighted by molar-refractivity contribution is 0.372. The van der Waals surface area contributed by atoms with Crippen molar-refractivity contribution in [3.05, 3.63) is 54.2 Å². The summed E-state index contributed by atoms with van der Waals surface area (Å²) in [6.45, 7) is 4.69. The van der Waals surface area contributed by atoms with Gasteiger partial charge in [-0.3, -0.25) is 4.99 Å². The average molecular weight is 480 g/mol. The summed E-state index contributed by atoms with van der Waals surface area (Å²) in [5, 5.41) is 3.49. The van der Waals surface area contributed by atoms with Gasteiger partial charge in [-0.2, -0.15) is 0 Å². The molecule has 2 heterocycles. The van der Waals surface area contributed by atoms with Crippen molar-refractivity contribution < 1.29 is 0 Å². The van der Waals surface area contributed by atoms with Crippen LogP contribution in [-0.4, -0.2) is 63.2 Å². The van der Waals surface area contributed by atoms with Crippen molar-refractivity contribution in [3.8, 4) is 0 Å². The van der Waals surface area contributed by atoms with Crippen molar-refractivity contribution >= 4 is 41.4 Å². The van der Waals surface area contributed by atoms with Crippen LogP contribution in [0.1, 0.15) is 5.56 Å². The van der Waals surface area contributed by atoms with E-state index in [9.17, 15) is 0 Å². The van der Waals surface area contributed by atoms with Gasteiger partial charge in [0.15, 0.2) is 5.96 Å². The molecule has 0 unspecified atom stereocenters. The third-order valence-electron chi connectivity index (χ3n) is 4.63. The van der Waals surface area contributed by atoms with Crippen LogP contribution in [0.2, 0.25) is 0 Å². The van der Waals surface area contributed by atoms with Gasteiger partial charge < -0.3 is 20.0 Å². The van der Waals surface area contributed by atoms with Crippen molar-refractivity contribution in [1.82, 2.24) is 15.2 Å². The number of rotatable bonds is 4. The molecule has 1 saturated heterocycles. The average Bonchev–Trinajstić information content (AvgIpc) is 2.70. The molecule has 1 aromatic heterocycles. The number of aromatic nitrogens is 1. The Kier molecular flexibility index (Phi) is 8.15. The molecular formula is C20H29IN6. The maximum Gasteiger partial charge on any atom is 0.194 e. The highest BCUT2D eigenvalue weighted by Gasteiger charge is 2.19. The largest absolute Gasteiger partial charge is 0.368 e. The quantitative estimate of drug-likeness (QED) is 0.415. The van der Waals surface area contributed by atoms with Gasteiger partial charge in [0.1, 0.15) is 5.82 Å². The van der Waals surface area contributed by atoms with E-state index in [0.717, 1.165) is 44.5 Å². The lowest BCUT2D eigenvalue weighted by Gasteiger charge is -2.37. The summed E-state index contributed by atoms with van der Waals surface area (Å²) in [6, 6.07) is 14.8. The second-order valence-electron chi connectivity index (χ2n) is 6.63. The third-order valence-corrected chi connectivity index (χ3v) is 4.63. The van der Waals surface area contributed by atoms with E-state index in [1.54, 1.807) is 0 Å². The van der Waals surface area contributed by atoms with Crippen LogP contribution in [0.15, 0.2) is 53.7 Å². The van der Waals surface area contributed by atoms with Gasteiger partial charge in [-0.25, -0.2) is 4.98 Å². The summed E-state index contributed by atoms with van der Waals surface area (Å²) in [6.07, 6.45) is 1.85. The van der Waals surface area contributed by atoms with E-state index in [0.29, 0.717) is 0 Å². The van der Waals surface area contributed by atoms with E-state index >= 15 is 0 Å². The topological polar surface area (TPSA) is 47.0 Å². The van der Waals surface area contributed by atoms with E-state index in [4.69, 9.17) is 0 Å². The molecule has 0 radical (unpaired) electrons. The van der Waals surface area contributed by atoms with Crippen LogP contribution in [0.25, 0.3) is 0 Å².